The highest BCUT2D eigenvalue weighted by atomic mass is 16.5. The van der Waals surface area contributed by atoms with Crippen molar-refractivity contribution in [1.29, 1.82) is 0 Å². The Labute approximate surface area is 262 Å². The number of amides is 1. The van der Waals surface area contributed by atoms with Gasteiger partial charge in [-0.05, 0) is 60.9 Å². The maximum Gasteiger partial charge on any atom is 0.408 e. The van der Waals surface area contributed by atoms with Gasteiger partial charge in [0.25, 0.3) is 0 Å². The number of aromatic amines is 1. The number of rotatable bonds is 6. The molecule has 230 valence electrons. The lowest BCUT2D eigenvalue weighted by atomic mass is 9.76. The van der Waals surface area contributed by atoms with E-state index in [0.29, 0.717) is 24.6 Å². The van der Waals surface area contributed by atoms with Crippen molar-refractivity contribution in [2.75, 3.05) is 18.1 Å². The Morgan fingerprint density at radius 3 is 2.84 bits per heavy atom. The number of fused-ring (bicyclic) bond motifs is 3. The Balaban J connectivity index is 1.09. The van der Waals surface area contributed by atoms with E-state index >= 15 is 0 Å². The molecule has 1 aliphatic heterocycles. The number of imidazole rings is 1. The van der Waals surface area contributed by atoms with E-state index in [4.69, 9.17) is 14.5 Å². The number of alkyl carbamates (subject to hydrolysis) is 1. The van der Waals surface area contributed by atoms with Gasteiger partial charge in [-0.3, -0.25) is 0 Å². The Bertz CT molecular complexity index is 1850. The summed E-state index contributed by atoms with van der Waals surface area (Å²) in [5, 5.41) is 2.84. The number of ether oxygens (including phenoxy) is 2. The molecule has 0 bridgehead atoms. The summed E-state index contributed by atoms with van der Waals surface area (Å²) in [6.45, 7) is 8.75. The van der Waals surface area contributed by atoms with Gasteiger partial charge < -0.3 is 24.7 Å². The number of nitrogens with one attached hydrogen (secondary N) is 2. The van der Waals surface area contributed by atoms with Gasteiger partial charge in [0.05, 0.1) is 18.1 Å². The quantitative estimate of drug-likeness (QED) is 0.232. The standard InChI is InChI=1S/C35H37N7O3/c1-22(39-34(43)45-20-23-7-5-4-6-8-23)31-40-29-16-25(18-36-32(29)41-31)24-9-10-30-26(15-24)19-42(13-14-44-30)33-27-17-35(2,3)12-11-28(27)37-21-38-33/h4-10,15-16,18,21-22H,11-14,17,19-20H2,1-3H3,(H,39,43)(H,36,40,41). The van der Waals surface area contributed by atoms with Crippen molar-refractivity contribution in [2.45, 2.75) is 59.2 Å². The fraction of sp³-hybridized carbons (Fsp3) is 0.343. The number of pyridine rings is 1. The highest BCUT2D eigenvalue weighted by molar-refractivity contribution is 5.79. The Morgan fingerprint density at radius 1 is 1.11 bits per heavy atom. The molecule has 0 radical (unpaired) electrons. The summed E-state index contributed by atoms with van der Waals surface area (Å²) in [6.07, 6.45) is 6.13. The van der Waals surface area contributed by atoms with Crippen LogP contribution in [0.15, 0.2) is 67.1 Å². The van der Waals surface area contributed by atoms with Gasteiger partial charge >= 0.3 is 6.09 Å². The van der Waals surface area contributed by atoms with Crippen LogP contribution in [0.3, 0.4) is 0 Å². The van der Waals surface area contributed by atoms with Crippen LogP contribution in [-0.2, 0) is 30.7 Å². The van der Waals surface area contributed by atoms with Crippen LogP contribution in [0.5, 0.6) is 5.75 Å². The zero-order valence-electron chi connectivity index (χ0n) is 25.8. The lowest BCUT2D eigenvalue weighted by Gasteiger charge is -2.33. The number of hydrogen-bond acceptors (Lipinski definition) is 8. The van der Waals surface area contributed by atoms with Crippen LogP contribution in [0.25, 0.3) is 22.3 Å². The summed E-state index contributed by atoms with van der Waals surface area (Å²) in [6, 6.07) is 17.5. The molecule has 5 aromatic rings. The summed E-state index contributed by atoms with van der Waals surface area (Å²) < 4.78 is 11.6. The first-order valence-electron chi connectivity index (χ1n) is 15.5. The van der Waals surface area contributed by atoms with Gasteiger partial charge in [0.2, 0.25) is 0 Å². The fourth-order valence-electron chi connectivity index (χ4n) is 6.18. The zero-order chi connectivity index (χ0) is 31.0. The van der Waals surface area contributed by atoms with Crippen molar-refractivity contribution in [3.63, 3.8) is 0 Å². The third-order valence-electron chi connectivity index (χ3n) is 8.69. The summed E-state index contributed by atoms with van der Waals surface area (Å²) in [7, 11) is 0. The lowest BCUT2D eigenvalue weighted by molar-refractivity contribution is 0.136. The van der Waals surface area contributed by atoms with Crippen LogP contribution in [0.2, 0.25) is 0 Å². The van der Waals surface area contributed by atoms with Gasteiger partial charge in [-0.25, -0.2) is 24.7 Å². The summed E-state index contributed by atoms with van der Waals surface area (Å²) >= 11 is 0. The molecule has 1 amide bonds. The van der Waals surface area contributed by atoms with Crippen LogP contribution in [0, 0.1) is 5.41 Å². The molecule has 1 unspecified atom stereocenters. The first kappa shape index (κ1) is 28.8. The SMILES string of the molecule is CC(NC(=O)OCc1ccccc1)c1nc2ncc(-c3ccc4c(c3)CN(c3ncnc5c3CC(C)(C)CC5)CCO4)cc2[nH]1. The second kappa shape index (κ2) is 11.8. The number of aromatic nitrogens is 5. The van der Waals surface area contributed by atoms with Gasteiger partial charge in [0, 0.05) is 35.1 Å². The fourth-order valence-corrected chi connectivity index (χ4v) is 6.18. The van der Waals surface area contributed by atoms with E-state index in [2.05, 4.69) is 56.1 Å². The molecule has 0 fully saturated rings. The maximum atomic E-state index is 12.4. The number of anilines is 1. The van der Waals surface area contributed by atoms with E-state index in [1.807, 2.05) is 55.6 Å². The van der Waals surface area contributed by atoms with Gasteiger partial charge in [-0.2, -0.15) is 0 Å². The van der Waals surface area contributed by atoms with Crippen LogP contribution in [-0.4, -0.2) is 44.2 Å². The van der Waals surface area contributed by atoms with Crippen LogP contribution in [0.1, 0.15) is 61.4 Å². The minimum Gasteiger partial charge on any atom is -0.491 e. The average Bonchev–Trinajstić information content (AvgIpc) is 3.36. The van der Waals surface area contributed by atoms with Crippen molar-refractivity contribution >= 4 is 23.1 Å². The zero-order valence-corrected chi connectivity index (χ0v) is 25.8. The van der Waals surface area contributed by atoms with E-state index < -0.39 is 6.09 Å². The second-order valence-corrected chi connectivity index (χ2v) is 12.7. The largest absolute Gasteiger partial charge is 0.491 e. The second-order valence-electron chi connectivity index (χ2n) is 12.7. The molecule has 4 heterocycles. The molecule has 1 aliphatic carbocycles. The van der Waals surface area contributed by atoms with Crippen LogP contribution >= 0.6 is 0 Å². The monoisotopic (exact) mass is 603 g/mol. The number of hydrogen-bond donors (Lipinski definition) is 2. The van der Waals surface area contributed by atoms with Crippen molar-refractivity contribution < 1.29 is 14.3 Å². The smallest absolute Gasteiger partial charge is 0.408 e. The average molecular weight is 604 g/mol. The predicted molar refractivity (Wildman–Crippen MR) is 172 cm³/mol. The van der Waals surface area contributed by atoms with Crippen LogP contribution in [0.4, 0.5) is 10.6 Å². The predicted octanol–water partition coefficient (Wildman–Crippen LogP) is 6.32. The number of carbonyl (C=O) groups is 1. The molecule has 3 aromatic heterocycles. The normalized spacial score (nSPS) is 16.2. The molecule has 0 saturated heterocycles. The molecule has 2 aliphatic rings. The number of carbonyl (C=O) groups excluding carboxylic acids is 1. The molecule has 2 N–H and O–H groups in total. The van der Waals surface area contributed by atoms with E-state index in [1.165, 1.54) is 11.3 Å². The van der Waals surface area contributed by atoms with Gasteiger partial charge in [0.1, 0.15) is 36.9 Å². The van der Waals surface area contributed by atoms with Gasteiger partial charge in [-0.1, -0.05) is 50.2 Å². The molecule has 45 heavy (non-hydrogen) atoms. The van der Waals surface area contributed by atoms with E-state index in [0.717, 1.165) is 65.1 Å². The van der Waals surface area contributed by atoms with Gasteiger partial charge in [0.15, 0.2) is 5.65 Å². The van der Waals surface area contributed by atoms with Crippen molar-refractivity contribution in [3.8, 4) is 16.9 Å². The number of H-pyrrole nitrogens is 1. The van der Waals surface area contributed by atoms with Crippen molar-refractivity contribution in [1.82, 2.24) is 30.2 Å². The molecular formula is C35H37N7O3. The van der Waals surface area contributed by atoms with E-state index in [1.54, 1.807) is 6.33 Å². The van der Waals surface area contributed by atoms with Crippen molar-refractivity contribution in [3.05, 3.63) is 95.3 Å². The van der Waals surface area contributed by atoms with E-state index in [-0.39, 0.29) is 18.1 Å². The third-order valence-corrected chi connectivity index (χ3v) is 8.69. The number of benzene rings is 2. The molecule has 0 spiro atoms. The first-order chi connectivity index (χ1) is 21.8. The highest BCUT2D eigenvalue weighted by Crippen LogP contribution is 2.39. The molecule has 0 saturated carbocycles. The minimum atomic E-state index is -0.507. The topological polar surface area (TPSA) is 118 Å². The molecular weight excluding hydrogens is 566 g/mol. The summed E-state index contributed by atoms with van der Waals surface area (Å²) in [5.41, 5.74) is 8.07. The van der Waals surface area contributed by atoms with Crippen LogP contribution < -0.4 is 15.0 Å². The molecule has 1 atom stereocenters. The highest BCUT2D eigenvalue weighted by Gasteiger charge is 2.30. The van der Waals surface area contributed by atoms with Gasteiger partial charge in [-0.15, -0.1) is 0 Å². The molecule has 10 heteroatoms. The minimum absolute atomic E-state index is 0.202. The summed E-state index contributed by atoms with van der Waals surface area (Å²) in [5.74, 6) is 2.52. The number of nitrogens with zero attached hydrogens (tertiary/aromatic N) is 5. The Kier molecular flexibility index (Phi) is 7.56. The lowest BCUT2D eigenvalue weighted by Crippen LogP contribution is -2.31. The first-order valence-corrected chi connectivity index (χ1v) is 15.5. The molecule has 7 rings (SSSR count). The Hall–Kier alpha value is -4.99. The maximum absolute atomic E-state index is 12.4. The Morgan fingerprint density at radius 2 is 1.98 bits per heavy atom. The molecule has 2 aromatic carbocycles. The number of aryl methyl sites for hydroxylation is 1. The molecule has 10 nitrogen and oxygen atoms in total. The third kappa shape index (κ3) is 6.18. The van der Waals surface area contributed by atoms with E-state index in [9.17, 15) is 4.79 Å². The van der Waals surface area contributed by atoms with Crippen molar-refractivity contribution in [2.24, 2.45) is 5.41 Å². The summed E-state index contributed by atoms with van der Waals surface area (Å²) in [4.78, 5) is 36.7.